The number of nitrogens with one attached hydrogen (secondary N) is 3. The van der Waals surface area contributed by atoms with Gasteiger partial charge >= 0.3 is 6.03 Å². The summed E-state index contributed by atoms with van der Waals surface area (Å²) in [6.07, 6.45) is 0. The molecule has 0 saturated carbocycles. The lowest BCUT2D eigenvalue weighted by molar-refractivity contribution is -0.135. The molecule has 1 heterocycles. The molecule has 1 atom stereocenters. The largest absolute Gasteiger partial charge is 0.497 e. The van der Waals surface area contributed by atoms with Crippen LogP contribution >= 0.6 is 11.8 Å². The minimum atomic E-state index is -1.13. The van der Waals surface area contributed by atoms with E-state index in [1.807, 2.05) is 66.7 Å². The molecule has 40 heavy (non-hydrogen) atoms. The third-order valence-corrected chi connectivity index (χ3v) is 7.78. The Morgan fingerprint density at radius 2 is 1.82 bits per heavy atom. The first-order valence-electron chi connectivity index (χ1n) is 12.9. The fourth-order valence-electron chi connectivity index (χ4n) is 4.29. The molecule has 0 aliphatic carbocycles. The predicted molar refractivity (Wildman–Crippen MR) is 156 cm³/mol. The smallest absolute Gasteiger partial charge is 0.314 e. The number of nitrogens with zero attached hydrogens (tertiary/aromatic N) is 1. The van der Waals surface area contributed by atoms with Crippen LogP contribution in [0.25, 0.3) is 11.1 Å². The SMILES string of the molecule is CNC(=O)NCc1ccccc1-c1ccc(CN2Cc3ccc(OC)cc3S[C@@H](NC(=O)C(C)(C)N)C2=O)cc1. The molecule has 9 nitrogen and oxygen atoms in total. The monoisotopic (exact) mass is 561 g/mol. The van der Waals surface area contributed by atoms with E-state index in [0.717, 1.165) is 32.7 Å². The Balaban J connectivity index is 1.57. The van der Waals surface area contributed by atoms with Gasteiger partial charge in [-0.2, -0.15) is 0 Å². The van der Waals surface area contributed by atoms with E-state index in [-0.39, 0.29) is 11.9 Å². The van der Waals surface area contributed by atoms with Crippen LogP contribution in [0, 0.1) is 0 Å². The average Bonchev–Trinajstić information content (AvgIpc) is 3.07. The van der Waals surface area contributed by atoms with Crippen LogP contribution in [0.4, 0.5) is 4.79 Å². The van der Waals surface area contributed by atoms with Crippen LogP contribution in [0.15, 0.2) is 71.6 Å². The summed E-state index contributed by atoms with van der Waals surface area (Å²) in [7, 11) is 3.18. The molecule has 10 heteroatoms. The van der Waals surface area contributed by atoms with Crippen LogP contribution in [0.2, 0.25) is 0 Å². The molecule has 210 valence electrons. The van der Waals surface area contributed by atoms with Crippen LogP contribution < -0.4 is 26.4 Å². The second-order valence-electron chi connectivity index (χ2n) is 10.1. The number of hydrogen-bond donors (Lipinski definition) is 4. The predicted octanol–water partition coefficient (Wildman–Crippen LogP) is 3.61. The Morgan fingerprint density at radius 1 is 1.10 bits per heavy atom. The number of amides is 4. The molecule has 0 aromatic heterocycles. The third kappa shape index (κ3) is 6.94. The van der Waals surface area contributed by atoms with Crippen LogP contribution in [0.3, 0.4) is 0 Å². The highest BCUT2D eigenvalue weighted by Crippen LogP contribution is 2.35. The minimum Gasteiger partial charge on any atom is -0.497 e. The van der Waals surface area contributed by atoms with Gasteiger partial charge in [-0.15, -0.1) is 0 Å². The topological polar surface area (TPSA) is 126 Å². The van der Waals surface area contributed by atoms with Gasteiger partial charge in [0.2, 0.25) is 5.91 Å². The summed E-state index contributed by atoms with van der Waals surface area (Å²) in [5.74, 6) is 0.0730. The van der Waals surface area contributed by atoms with E-state index in [4.69, 9.17) is 10.5 Å². The van der Waals surface area contributed by atoms with Crippen molar-refractivity contribution in [2.24, 2.45) is 5.73 Å². The van der Waals surface area contributed by atoms with Gasteiger partial charge in [-0.05, 0) is 53.8 Å². The average molecular weight is 562 g/mol. The summed E-state index contributed by atoms with van der Waals surface area (Å²) in [6.45, 7) is 4.37. The Labute approximate surface area is 238 Å². The first kappa shape index (κ1) is 29.0. The Morgan fingerprint density at radius 3 is 2.50 bits per heavy atom. The lowest BCUT2D eigenvalue weighted by Gasteiger charge is -2.27. The van der Waals surface area contributed by atoms with Gasteiger partial charge in [0.25, 0.3) is 5.91 Å². The van der Waals surface area contributed by atoms with Crippen LogP contribution in [0.5, 0.6) is 5.75 Å². The van der Waals surface area contributed by atoms with Crippen molar-refractivity contribution in [1.82, 2.24) is 20.9 Å². The molecule has 5 N–H and O–H groups in total. The number of benzene rings is 3. The molecule has 3 aromatic carbocycles. The zero-order valence-corrected chi connectivity index (χ0v) is 23.9. The number of thioether (sulfide) groups is 1. The van der Waals surface area contributed by atoms with E-state index in [0.29, 0.717) is 25.4 Å². The molecule has 0 unspecified atom stereocenters. The number of methoxy groups -OCH3 is 1. The van der Waals surface area contributed by atoms with Gasteiger partial charge in [-0.25, -0.2) is 4.79 Å². The van der Waals surface area contributed by atoms with Gasteiger partial charge in [0.05, 0.1) is 12.6 Å². The second-order valence-corrected chi connectivity index (χ2v) is 11.3. The number of urea groups is 1. The zero-order chi connectivity index (χ0) is 28.9. The highest BCUT2D eigenvalue weighted by molar-refractivity contribution is 8.00. The van der Waals surface area contributed by atoms with E-state index in [2.05, 4.69) is 16.0 Å². The molecule has 1 aliphatic rings. The standard InChI is InChI=1S/C30H35N5O4S/c1-30(2,31)28(37)34-26-27(36)35(18-22-13-14-23(39-4)15-25(22)40-26)17-19-9-11-20(12-10-19)24-8-6-5-7-21(24)16-33-29(38)32-3/h5-15,26H,16-18,31H2,1-4H3,(H,34,37)(H2,32,33,38)/t26-/m1/s1. The van der Waals surface area contributed by atoms with Crippen molar-refractivity contribution >= 4 is 29.6 Å². The summed E-state index contributed by atoms with van der Waals surface area (Å²) < 4.78 is 5.39. The van der Waals surface area contributed by atoms with E-state index < -0.39 is 16.8 Å². The maximum Gasteiger partial charge on any atom is 0.314 e. The summed E-state index contributed by atoms with van der Waals surface area (Å²) >= 11 is 1.29. The van der Waals surface area contributed by atoms with Gasteiger partial charge in [0.15, 0.2) is 5.37 Å². The minimum absolute atomic E-state index is 0.201. The first-order chi connectivity index (χ1) is 19.1. The normalized spacial score (nSPS) is 15.1. The molecule has 4 amide bonds. The van der Waals surface area contributed by atoms with Crippen molar-refractivity contribution in [3.05, 3.63) is 83.4 Å². The number of hydrogen-bond acceptors (Lipinski definition) is 6. The van der Waals surface area contributed by atoms with E-state index in [1.54, 1.807) is 32.9 Å². The maximum absolute atomic E-state index is 13.7. The number of fused-ring (bicyclic) bond motifs is 1. The lowest BCUT2D eigenvalue weighted by Crippen LogP contribution is -2.54. The Bertz CT molecular complexity index is 1390. The number of ether oxygens (including phenoxy) is 1. The molecule has 1 aliphatic heterocycles. The highest BCUT2D eigenvalue weighted by Gasteiger charge is 2.34. The first-order valence-corrected chi connectivity index (χ1v) is 13.8. The highest BCUT2D eigenvalue weighted by atomic mass is 32.2. The molecule has 0 saturated heterocycles. The van der Waals surface area contributed by atoms with Crippen molar-refractivity contribution < 1.29 is 19.1 Å². The summed E-state index contributed by atoms with van der Waals surface area (Å²) in [5.41, 5.74) is 9.81. The Kier molecular flexibility index (Phi) is 9.01. The second kappa shape index (κ2) is 12.4. The van der Waals surface area contributed by atoms with E-state index >= 15 is 0 Å². The van der Waals surface area contributed by atoms with Gasteiger partial charge < -0.3 is 31.3 Å². The quantitative estimate of drug-likeness (QED) is 0.333. The number of carbonyl (C=O) groups excluding carboxylic acids is 3. The van der Waals surface area contributed by atoms with E-state index in [9.17, 15) is 14.4 Å². The van der Waals surface area contributed by atoms with Crippen LogP contribution in [-0.4, -0.2) is 47.8 Å². The van der Waals surface area contributed by atoms with Crippen LogP contribution in [0.1, 0.15) is 30.5 Å². The maximum atomic E-state index is 13.7. The summed E-state index contributed by atoms with van der Waals surface area (Å²) in [4.78, 5) is 40.7. The fraction of sp³-hybridized carbons (Fsp3) is 0.300. The van der Waals surface area contributed by atoms with Gasteiger partial charge in [0.1, 0.15) is 5.75 Å². The Hall–Kier alpha value is -4.02. The number of nitrogens with two attached hydrogens (primary N) is 1. The van der Waals surface area contributed by atoms with Crippen molar-refractivity contribution in [2.45, 2.75) is 49.3 Å². The molecule has 0 radical (unpaired) electrons. The van der Waals surface area contributed by atoms with Crippen molar-refractivity contribution in [1.29, 1.82) is 0 Å². The summed E-state index contributed by atoms with van der Waals surface area (Å²) in [5, 5.41) is 7.40. The van der Waals surface area contributed by atoms with Gasteiger partial charge in [0, 0.05) is 31.6 Å². The molecule has 0 spiro atoms. The lowest BCUT2D eigenvalue weighted by atomic mass is 9.98. The fourth-order valence-corrected chi connectivity index (χ4v) is 5.43. The molecule has 4 rings (SSSR count). The summed E-state index contributed by atoms with van der Waals surface area (Å²) in [6, 6.07) is 21.4. The number of rotatable bonds is 8. The molecule has 3 aromatic rings. The molecular formula is C30H35N5O4S. The van der Waals surface area contributed by atoms with Crippen LogP contribution in [-0.2, 0) is 29.2 Å². The number of carbonyl (C=O) groups is 3. The van der Waals surface area contributed by atoms with Gasteiger partial charge in [-0.3, -0.25) is 9.59 Å². The molecular weight excluding hydrogens is 526 g/mol. The van der Waals surface area contributed by atoms with Crippen molar-refractivity contribution in [3.63, 3.8) is 0 Å². The van der Waals surface area contributed by atoms with Gasteiger partial charge in [-0.1, -0.05) is 66.4 Å². The molecule has 0 fully saturated rings. The van der Waals surface area contributed by atoms with Crippen molar-refractivity contribution in [3.8, 4) is 16.9 Å². The third-order valence-electron chi connectivity index (χ3n) is 6.59. The molecule has 0 bridgehead atoms. The van der Waals surface area contributed by atoms with E-state index in [1.165, 1.54) is 11.8 Å². The zero-order valence-electron chi connectivity index (χ0n) is 23.1. The van der Waals surface area contributed by atoms with Crippen molar-refractivity contribution in [2.75, 3.05) is 14.2 Å².